The minimum absolute atomic E-state index is 0.0157. The molecule has 1 aromatic rings. The van der Waals surface area contributed by atoms with Gasteiger partial charge in [0.05, 0.1) is 10.5 Å². The van der Waals surface area contributed by atoms with E-state index in [-0.39, 0.29) is 24.9 Å². The summed E-state index contributed by atoms with van der Waals surface area (Å²) >= 11 is 0. The molecule has 1 saturated heterocycles. The fourth-order valence-corrected chi connectivity index (χ4v) is 4.07. The predicted molar refractivity (Wildman–Crippen MR) is 89.0 cm³/mol. The minimum Gasteiger partial charge on any atom is -0.322 e. The summed E-state index contributed by atoms with van der Waals surface area (Å²) in [6.07, 6.45) is 0.831. The predicted octanol–water partition coefficient (Wildman–Crippen LogP) is 2.60. The number of urea groups is 1. The van der Waals surface area contributed by atoms with E-state index in [0.717, 1.165) is 23.2 Å². The first kappa shape index (κ1) is 16.8. The highest BCUT2D eigenvalue weighted by Gasteiger charge is 2.41. The van der Waals surface area contributed by atoms with Crippen molar-refractivity contribution in [2.75, 3.05) is 24.2 Å². The quantitative estimate of drug-likeness (QED) is 0.909. The van der Waals surface area contributed by atoms with Gasteiger partial charge in [-0.25, -0.2) is 13.2 Å². The van der Waals surface area contributed by atoms with E-state index in [2.05, 4.69) is 5.32 Å². The number of sulfone groups is 1. The molecule has 0 radical (unpaired) electrons. The maximum Gasteiger partial charge on any atom is 0.321 e. The second-order valence-electron chi connectivity index (χ2n) is 6.39. The van der Waals surface area contributed by atoms with Crippen LogP contribution in [0.15, 0.2) is 18.2 Å². The molecule has 0 atom stereocenters. The number of carbonyl (C=O) groups is 1. The van der Waals surface area contributed by atoms with Gasteiger partial charge in [-0.1, -0.05) is 25.1 Å². The molecule has 0 spiro atoms. The number of aryl methyl sites for hydroxylation is 2. The second kappa shape index (κ2) is 5.91. The Hall–Kier alpha value is -1.56. The van der Waals surface area contributed by atoms with E-state index in [1.165, 1.54) is 0 Å². The number of hydrogen-bond acceptors (Lipinski definition) is 3. The van der Waals surface area contributed by atoms with E-state index in [0.29, 0.717) is 0 Å². The zero-order chi connectivity index (χ0) is 16.5. The van der Waals surface area contributed by atoms with Crippen molar-refractivity contribution in [2.24, 2.45) is 0 Å². The lowest BCUT2D eigenvalue weighted by molar-refractivity contribution is 0.206. The molecule has 2 rings (SSSR count). The molecule has 1 aromatic carbocycles. The Labute approximate surface area is 132 Å². The Bertz CT molecular complexity index is 681. The highest BCUT2D eigenvalue weighted by Crippen LogP contribution is 2.26. The summed E-state index contributed by atoms with van der Waals surface area (Å²) in [6, 6.07) is 5.69. The zero-order valence-electron chi connectivity index (χ0n) is 13.6. The van der Waals surface area contributed by atoms with Crippen LogP contribution in [0.25, 0.3) is 0 Å². The third kappa shape index (κ3) is 3.11. The molecule has 5 nitrogen and oxygen atoms in total. The Morgan fingerprint density at radius 3 is 2.64 bits per heavy atom. The summed E-state index contributed by atoms with van der Waals surface area (Å²) in [6.45, 7) is 7.81. The molecular formula is C16H24N2O3S. The monoisotopic (exact) mass is 324 g/mol. The van der Waals surface area contributed by atoms with Crippen molar-refractivity contribution in [2.45, 2.75) is 38.9 Å². The molecule has 1 aliphatic rings. The standard InChI is InChI=1S/C16H24N2O3S/c1-5-13-8-6-7-12(2)14(13)17-15(19)18-9-10-22(20,21)16(3,4)11-18/h6-8H,5,9-11H2,1-4H3,(H,17,19). The summed E-state index contributed by atoms with van der Waals surface area (Å²) in [7, 11) is -3.14. The number of amides is 2. The van der Waals surface area contributed by atoms with Gasteiger partial charge in [-0.05, 0) is 38.3 Å². The van der Waals surface area contributed by atoms with Crippen LogP contribution >= 0.6 is 0 Å². The first-order valence-electron chi connectivity index (χ1n) is 7.54. The van der Waals surface area contributed by atoms with Crippen LogP contribution in [0.4, 0.5) is 10.5 Å². The number of nitrogens with one attached hydrogen (secondary N) is 1. The molecule has 0 aliphatic carbocycles. The summed E-state index contributed by atoms with van der Waals surface area (Å²) in [5.41, 5.74) is 2.93. The summed E-state index contributed by atoms with van der Waals surface area (Å²) in [4.78, 5) is 14.1. The molecule has 0 saturated carbocycles. The lowest BCUT2D eigenvalue weighted by atomic mass is 10.1. The molecule has 1 heterocycles. The average Bonchev–Trinajstić information content (AvgIpc) is 2.44. The Kier molecular flexibility index (Phi) is 4.52. The third-order valence-corrected chi connectivity index (χ3v) is 6.84. The third-order valence-electron chi connectivity index (χ3n) is 4.30. The maximum absolute atomic E-state index is 12.5. The molecular weight excluding hydrogens is 300 g/mol. The van der Waals surface area contributed by atoms with Crippen LogP contribution in [0.2, 0.25) is 0 Å². The molecule has 2 amide bonds. The van der Waals surface area contributed by atoms with Crippen molar-refractivity contribution in [3.8, 4) is 0 Å². The van der Waals surface area contributed by atoms with E-state index in [9.17, 15) is 13.2 Å². The Morgan fingerprint density at radius 2 is 2.05 bits per heavy atom. The van der Waals surface area contributed by atoms with E-state index in [4.69, 9.17) is 0 Å². The smallest absolute Gasteiger partial charge is 0.321 e. The van der Waals surface area contributed by atoms with E-state index in [1.54, 1.807) is 18.7 Å². The second-order valence-corrected chi connectivity index (χ2v) is 9.14. The lowest BCUT2D eigenvalue weighted by Crippen LogP contribution is -2.55. The molecule has 22 heavy (non-hydrogen) atoms. The number of rotatable bonds is 2. The fraction of sp³-hybridized carbons (Fsp3) is 0.562. The molecule has 1 N–H and O–H groups in total. The number of hydrogen-bond donors (Lipinski definition) is 1. The fourth-order valence-electron chi connectivity index (χ4n) is 2.71. The van der Waals surface area contributed by atoms with Gasteiger partial charge in [0.15, 0.2) is 9.84 Å². The van der Waals surface area contributed by atoms with Gasteiger partial charge >= 0.3 is 6.03 Å². The number of para-hydroxylation sites is 1. The SMILES string of the molecule is CCc1cccc(C)c1NC(=O)N1CCS(=O)(=O)C(C)(C)C1. The first-order valence-corrected chi connectivity index (χ1v) is 9.20. The maximum atomic E-state index is 12.5. The van der Waals surface area contributed by atoms with Crippen LogP contribution in [-0.4, -0.2) is 42.9 Å². The highest BCUT2D eigenvalue weighted by atomic mass is 32.2. The van der Waals surface area contributed by atoms with Gasteiger partial charge in [-0.3, -0.25) is 0 Å². The van der Waals surface area contributed by atoms with Crippen molar-refractivity contribution in [1.82, 2.24) is 4.90 Å². The van der Waals surface area contributed by atoms with Gasteiger partial charge < -0.3 is 10.2 Å². The van der Waals surface area contributed by atoms with Gasteiger partial charge in [0.25, 0.3) is 0 Å². The lowest BCUT2D eigenvalue weighted by Gasteiger charge is -2.37. The highest BCUT2D eigenvalue weighted by molar-refractivity contribution is 7.92. The zero-order valence-corrected chi connectivity index (χ0v) is 14.5. The van der Waals surface area contributed by atoms with Crippen molar-refractivity contribution in [3.05, 3.63) is 29.3 Å². The molecule has 6 heteroatoms. The van der Waals surface area contributed by atoms with Gasteiger partial charge in [-0.15, -0.1) is 0 Å². The van der Waals surface area contributed by atoms with Crippen LogP contribution in [0.3, 0.4) is 0 Å². The first-order chi connectivity index (χ1) is 10.2. The molecule has 1 fully saturated rings. The van der Waals surface area contributed by atoms with Crippen LogP contribution < -0.4 is 5.32 Å². The van der Waals surface area contributed by atoms with Gasteiger partial charge in [-0.2, -0.15) is 0 Å². The van der Waals surface area contributed by atoms with E-state index < -0.39 is 14.6 Å². The van der Waals surface area contributed by atoms with Crippen LogP contribution in [-0.2, 0) is 16.3 Å². The summed E-state index contributed by atoms with van der Waals surface area (Å²) in [5, 5.41) is 2.96. The molecule has 0 aromatic heterocycles. The van der Waals surface area contributed by atoms with E-state index in [1.807, 2.05) is 32.0 Å². The van der Waals surface area contributed by atoms with Crippen LogP contribution in [0.5, 0.6) is 0 Å². The Balaban J connectivity index is 2.18. The van der Waals surface area contributed by atoms with Crippen molar-refractivity contribution >= 4 is 21.6 Å². The molecule has 0 bridgehead atoms. The topological polar surface area (TPSA) is 66.5 Å². The molecule has 0 unspecified atom stereocenters. The average molecular weight is 324 g/mol. The van der Waals surface area contributed by atoms with Gasteiger partial charge in [0.1, 0.15) is 0 Å². The summed E-state index contributed by atoms with van der Waals surface area (Å²) < 4.78 is 23.2. The molecule has 122 valence electrons. The number of benzene rings is 1. The number of nitrogens with zero attached hydrogens (tertiary/aromatic N) is 1. The largest absolute Gasteiger partial charge is 0.322 e. The van der Waals surface area contributed by atoms with Crippen molar-refractivity contribution in [1.29, 1.82) is 0 Å². The number of carbonyl (C=O) groups excluding carboxylic acids is 1. The van der Waals surface area contributed by atoms with Crippen molar-refractivity contribution in [3.63, 3.8) is 0 Å². The normalized spacial score (nSPS) is 19.7. The minimum atomic E-state index is -3.14. The van der Waals surface area contributed by atoms with Gasteiger partial charge in [0.2, 0.25) is 0 Å². The van der Waals surface area contributed by atoms with Crippen molar-refractivity contribution < 1.29 is 13.2 Å². The van der Waals surface area contributed by atoms with Crippen LogP contribution in [0.1, 0.15) is 31.9 Å². The summed E-state index contributed by atoms with van der Waals surface area (Å²) in [5.74, 6) is 0.0157. The van der Waals surface area contributed by atoms with Crippen LogP contribution in [0, 0.1) is 6.92 Å². The van der Waals surface area contributed by atoms with Gasteiger partial charge in [0, 0.05) is 18.8 Å². The Morgan fingerprint density at radius 1 is 1.36 bits per heavy atom. The molecule has 1 aliphatic heterocycles. The number of anilines is 1. The van der Waals surface area contributed by atoms with E-state index >= 15 is 0 Å².